The van der Waals surface area contributed by atoms with Gasteiger partial charge < -0.3 is 4.98 Å². The van der Waals surface area contributed by atoms with Crippen molar-refractivity contribution in [1.29, 1.82) is 0 Å². The molecule has 0 aliphatic carbocycles. The highest BCUT2D eigenvalue weighted by molar-refractivity contribution is 7.98. The number of hydrogen-bond acceptors (Lipinski definition) is 4. The van der Waals surface area contributed by atoms with Crippen LogP contribution < -0.4 is 5.56 Å². The van der Waals surface area contributed by atoms with Crippen LogP contribution in [-0.4, -0.2) is 21.2 Å². The van der Waals surface area contributed by atoms with E-state index < -0.39 is 5.95 Å². The Bertz CT molecular complexity index is 550. The van der Waals surface area contributed by atoms with Crippen molar-refractivity contribution in [3.63, 3.8) is 0 Å². The van der Waals surface area contributed by atoms with Crippen LogP contribution in [0, 0.1) is 5.95 Å². The van der Waals surface area contributed by atoms with Crippen molar-refractivity contribution in [2.45, 2.75) is 5.16 Å². The minimum absolute atomic E-state index is 0.205. The van der Waals surface area contributed by atoms with Crippen molar-refractivity contribution in [1.82, 2.24) is 15.0 Å². The molecular formula is C10H8FN3OS. The first kappa shape index (κ1) is 10.8. The Morgan fingerprint density at radius 1 is 1.38 bits per heavy atom. The summed E-state index contributed by atoms with van der Waals surface area (Å²) in [4.78, 5) is 21.1. The quantitative estimate of drug-likeness (QED) is 0.490. The van der Waals surface area contributed by atoms with E-state index in [4.69, 9.17) is 0 Å². The zero-order valence-corrected chi connectivity index (χ0v) is 9.21. The van der Waals surface area contributed by atoms with Crippen molar-refractivity contribution in [3.8, 4) is 11.3 Å². The maximum atomic E-state index is 13.1. The summed E-state index contributed by atoms with van der Waals surface area (Å²) in [7, 11) is 0. The first-order valence-corrected chi connectivity index (χ1v) is 5.69. The van der Waals surface area contributed by atoms with Crippen molar-refractivity contribution < 1.29 is 4.39 Å². The molecule has 0 saturated carbocycles. The zero-order valence-electron chi connectivity index (χ0n) is 8.40. The summed E-state index contributed by atoms with van der Waals surface area (Å²) in [6, 6.07) is 4.19. The smallest absolute Gasteiger partial charge is 0.247 e. The fraction of sp³-hybridized carbons (Fsp3) is 0.100. The second-order valence-corrected chi connectivity index (χ2v) is 3.78. The van der Waals surface area contributed by atoms with Gasteiger partial charge in [0.05, 0.1) is 5.69 Å². The summed E-state index contributed by atoms with van der Waals surface area (Å²) >= 11 is 1.26. The second kappa shape index (κ2) is 4.44. The van der Waals surface area contributed by atoms with Crippen LogP contribution in [-0.2, 0) is 0 Å². The van der Waals surface area contributed by atoms with Gasteiger partial charge in [0.15, 0.2) is 5.16 Å². The zero-order chi connectivity index (χ0) is 11.5. The van der Waals surface area contributed by atoms with Gasteiger partial charge in [-0.15, -0.1) is 0 Å². The Labute approximate surface area is 95.0 Å². The lowest BCUT2D eigenvalue weighted by Crippen LogP contribution is -2.02. The monoisotopic (exact) mass is 237 g/mol. The highest BCUT2D eigenvalue weighted by atomic mass is 32.2. The van der Waals surface area contributed by atoms with E-state index in [1.54, 1.807) is 12.3 Å². The third-order valence-corrected chi connectivity index (χ3v) is 2.48. The van der Waals surface area contributed by atoms with E-state index >= 15 is 0 Å². The number of aromatic amines is 1. The minimum atomic E-state index is -0.583. The van der Waals surface area contributed by atoms with Gasteiger partial charge >= 0.3 is 0 Å². The number of thioether (sulfide) groups is 1. The highest BCUT2D eigenvalue weighted by Gasteiger charge is 2.05. The molecule has 2 aromatic rings. The van der Waals surface area contributed by atoms with Crippen LogP contribution in [0.25, 0.3) is 11.3 Å². The van der Waals surface area contributed by atoms with Gasteiger partial charge in [-0.3, -0.25) is 4.79 Å². The van der Waals surface area contributed by atoms with Gasteiger partial charge in [-0.05, 0) is 12.3 Å². The van der Waals surface area contributed by atoms with Gasteiger partial charge in [0.1, 0.15) is 0 Å². The van der Waals surface area contributed by atoms with E-state index in [1.807, 2.05) is 0 Å². The molecule has 0 bridgehead atoms. The van der Waals surface area contributed by atoms with Crippen LogP contribution in [0.2, 0.25) is 0 Å². The molecule has 1 N–H and O–H groups in total. The molecule has 0 fully saturated rings. The van der Waals surface area contributed by atoms with Crippen LogP contribution in [0.5, 0.6) is 0 Å². The fourth-order valence-electron chi connectivity index (χ4n) is 1.21. The van der Waals surface area contributed by atoms with Crippen molar-refractivity contribution >= 4 is 11.8 Å². The standard InChI is InChI=1S/C10H8FN3OS/c1-16-10-13-7(4-8(11)14-10)6-2-3-9(15)12-5-6/h2-5H,1H3,(H,12,15). The van der Waals surface area contributed by atoms with Gasteiger partial charge in [-0.1, -0.05) is 11.8 Å². The van der Waals surface area contributed by atoms with Crippen LogP contribution >= 0.6 is 11.8 Å². The topological polar surface area (TPSA) is 58.6 Å². The molecular weight excluding hydrogens is 229 g/mol. The van der Waals surface area contributed by atoms with Gasteiger partial charge in [-0.25, -0.2) is 4.98 Å². The van der Waals surface area contributed by atoms with E-state index in [1.165, 1.54) is 30.1 Å². The molecule has 0 atom stereocenters. The van der Waals surface area contributed by atoms with Crippen LogP contribution in [0.4, 0.5) is 4.39 Å². The largest absolute Gasteiger partial charge is 0.328 e. The molecule has 6 heteroatoms. The van der Waals surface area contributed by atoms with Gasteiger partial charge in [0.2, 0.25) is 11.5 Å². The molecule has 0 aliphatic rings. The van der Waals surface area contributed by atoms with Crippen molar-refractivity contribution in [3.05, 3.63) is 40.7 Å². The summed E-state index contributed by atoms with van der Waals surface area (Å²) < 4.78 is 13.1. The molecule has 4 nitrogen and oxygen atoms in total. The summed E-state index contributed by atoms with van der Waals surface area (Å²) in [6.45, 7) is 0. The number of aromatic nitrogens is 3. The van der Waals surface area contributed by atoms with Crippen molar-refractivity contribution in [2.75, 3.05) is 6.26 Å². The molecule has 0 unspecified atom stereocenters. The second-order valence-electron chi connectivity index (χ2n) is 3.00. The van der Waals surface area contributed by atoms with Crippen molar-refractivity contribution in [2.24, 2.45) is 0 Å². The molecule has 2 rings (SSSR count). The predicted octanol–water partition coefficient (Wildman–Crippen LogP) is 1.69. The minimum Gasteiger partial charge on any atom is -0.328 e. The molecule has 0 amide bonds. The van der Waals surface area contributed by atoms with E-state index in [2.05, 4.69) is 15.0 Å². The summed E-state index contributed by atoms with van der Waals surface area (Å²) in [6.07, 6.45) is 3.26. The third kappa shape index (κ3) is 2.27. The fourth-order valence-corrected chi connectivity index (χ4v) is 1.57. The Hall–Kier alpha value is -1.69. The van der Waals surface area contributed by atoms with E-state index in [9.17, 15) is 9.18 Å². The Morgan fingerprint density at radius 2 is 2.19 bits per heavy atom. The molecule has 0 aromatic carbocycles. The molecule has 0 spiro atoms. The Morgan fingerprint density at radius 3 is 2.81 bits per heavy atom. The predicted molar refractivity (Wildman–Crippen MR) is 59.8 cm³/mol. The highest BCUT2D eigenvalue weighted by Crippen LogP contribution is 2.18. The van der Waals surface area contributed by atoms with E-state index in [-0.39, 0.29) is 5.56 Å². The number of nitrogens with zero attached hydrogens (tertiary/aromatic N) is 2. The lowest BCUT2D eigenvalue weighted by molar-refractivity contribution is 0.564. The number of halogens is 1. The summed E-state index contributed by atoms with van der Waals surface area (Å²) in [5.41, 5.74) is 0.896. The Balaban J connectivity index is 2.51. The van der Waals surface area contributed by atoms with Crippen LogP contribution in [0.3, 0.4) is 0 Å². The SMILES string of the molecule is CSc1nc(F)cc(-c2ccc(=O)[nH]c2)n1. The number of nitrogens with one attached hydrogen (secondary N) is 1. The number of H-pyrrole nitrogens is 1. The molecule has 2 heterocycles. The normalized spacial score (nSPS) is 10.4. The summed E-state index contributed by atoms with van der Waals surface area (Å²) in [5.74, 6) is -0.583. The van der Waals surface area contributed by atoms with E-state index in [0.29, 0.717) is 16.4 Å². The number of rotatable bonds is 2. The lowest BCUT2D eigenvalue weighted by Gasteiger charge is -2.02. The third-order valence-electron chi connectivity index (χ3n) is 1.94. The van der Waals surface area contributed by atoms with Gasteiger partial charge in [0.25, 0.3) is 0 Å². The number of hydrogen-bond donors (Lipinski definition) is 1. The molecule has 0 saturated heterocycles. The number of pyridine rings is 1. The molecule has 0 radical (unpaired) electrons. The molecule has 0 aliphatic heterocycles. The van der Waals surface area contributed by atoms with E-state index in [0.717, 1.165) is 0 Å². The lowest BCUT2D eigenvalue weighted by atomic mass is 10.2. The van der Waals surface area contributed by atoms with Gasteiger partial charge in [0, 0.05) is 23.9 Å². The first-order chi connectivity index (χ1) is 7.69. The molecule has 16 heavy (non-hydrogen) atoms. The Kier molecular flexibility index (Phi) is 3.00. The molecule has 2 aromatic heterocycles. The molecule has 82 valence electrons. The first-order valence-electron chi connectivity index (χ1n) is 4.47. The average Bonchev–Trinajstić information content (AvgIpc) is 2.29. The van der Waals surface area contributed by atoms with Crippen LogP contribution in [0.15, 0.2) is 34.3 Å². The van der Waals surface area contributed by atoms with Crippen LogP contribution in [0.1, 0.15) is 0 Å². The maximum Gasteiger partial charge on any atom is 0.247 e. The summed E-state index contributed by atoms with van der Waals surface area (Å²) in [5, 5.41) is 0.362. The maximum absolute atomic E-state index is 13.1. The van der Waals surface area contributed by atoms with Gasteiger partial charge in [-0.2, -0.15) is 9.37 Å². The average molecular weight is 237 g/mol.